The van der Waals surface area contributed by atoms with Gasteiger partial charge >= 0.3 is 0 Å². The lowest BCUT2D eigenvalue weighted by Crippen LogP contribution is -2.36. The highest BCUT2D eigenvalue weighted by Gasteiger charge is 2.11. The van der Waals surface area contributed by atoms with Crippen molar-refractivity contribution in [2.45, 2.75) is 26.2 Å². The Balaban J connectivity index is 4.01. The molecule has 19 heavy (non-hydrogen) atoms. The third-order valence-corrected chi connectivity index (χ3v) is 3.03. The zero-order valence-electron chi connectivity index (χ0n) is 12.9. The summed E-state index contributed by atoms with van der Waals surface area (Å²) in [5, 5.41) is 8.51. The van der Waals surface area contributed by atoms with E-state index in [-0.39, 0.29) is 5.91 Å². The zero-order chi connectivity index (χ0) is 14.7. The molecule has 110 valence electrons. The van der Waals surface area contributed by atoms with E-state index in [4.69, 9.17) is 5.26 Å². The van der Waals surface area contributed by atoms with Crippen molar-refractivity contribution in [3.8, 4) is 6.07 Å². The summed E-state index contributed by atoms with van der Waals surface area (Å²) in [7, 11) is 5.89. The van der Waals surface area contributed by atoms with Gasteiger partial charge < -0.3 is 14.7 Å². The van der Waals surface area contributed by atoms with Crippen LogP contribution in [-0.4, -0.2) is 74.5 Å². The predicted molar refractivity (Wildman–Crippen MR) is 77.8 cm³/mol. The van der Waals surface area contributed by atoms with Crippen molar-refractivity contribution < 1.29 is 4.79 Å². The summed E-state index contributed by atoms with van der Waals surface area (Å²) in [6, 6.07) is 2.06. The topological polar surface area (TPSA) is 50.6 Å². The summed E-state index contributed by atoms with van der Waals surface area (Å²) in [5.74, 6) is 0.126. The molecule has 0 aromatic carbocycles. The molecule has 5 nitrogen and oxygen atoms in total. The third kappa shape index (κ3) is 9.46. The van der Waals surface area contributed by atoms with Gasteiger partial charge in [0.05, 0.1) is 12.5 Å². The summed E-state index contributed by atoms with van der Waals surface area (Å²) < 4.78 is 0. The first-order valence-electron chi connectivity index (χ1n) is 6.99. The van der Waals surface area contributed by atoms with Crippen molar-refractivity contribution in [1.29, 1.82) is 5.26 Å². The predicted octanol–water partition coefficient (Wildman–Crippen LogP) is 1.02. The minimum absolute atomic E-state index is 0.126. The third-order valence-electron chi connectivity index (χ3n) is 3.03. The van der Waals surface area contributed by atoms with E-state index in [1.807, 2.05) is 0 Å². The number of rotatable bonds is 10. The first-order valence-corrected chi connectivity index (χ1v) is 6.99. The van der Waals surface area contributed by atoms with Crippen LogP contribution >= 0.6 is 0 Å². The van der Waals surface area contributed by atoms with Gasteiger partial charge in [-0.2, -0.15) is 5.26 Å². The van der Waals surface area contributed by atoms with Gasteiger partial charge in [-0.25, -0.2) is 0 Å². The van der Waals surface area contributed by atoms with E-state index in [1.165, 1.54) is 0 Å². The van der Waals surface area contributed by atoms with Crippen molar-refractivity contribution >= 4 is 5.91 Å². The van der Waals surface area contributed by atoms with Crippen molar-refractivity contribution in [3.05, 3.63) is 0 Å². The lowest BCUT2D eigenvalue weighted by molar-refractivity contribution is -0.130. The van der Waals surface area contributed by atoms with Crippen molar-refractivity contribution in [2.75, 3.05) is 53.9 Å². The first-order chi connectivity index (χ1) is 9.01. The summed E-state index contributed by atoms with van der Waals surface area (Å²) in [6.45, 7) is 6.53. The molecule has 0 saturated heterocycles. The maximum Gasteiger partial charge on any atom is 0.223 e. The van der Waals surface area contributed by atoms with E-state index < -0.39 is 0 Å². The van der Waals surface area contributed by atoms with Crippen molar-refractivity contribution in [3.63, 3.8) is 0 Å². The van der Waals surface area contributed by atoms with E-state index >= 15 is 0 Å². The molecular formula is C14H28N4O. The van der Waals surface area contributed by atoms with Crippen LogP contribution in [0.15, 0.2) is 0 Å². The Morgan fingerprint density at radius 3 is 2.26 bits per heavy atom. The monoisotopic (exact) mass is 268 g/mol. The average molecular weight is 268 g/mol. The van der Waals surface area contributed by atoms with Crippen LogP contribution < -0.4 is 0 Å². The molecule has 0 aliphatic carbocycles. The van der Waals surface area contributed by atoms with Gasteiger partial charge in [-0.1, -0.05) is 6.92 Å². The van der Waals surface area contributed by atoms with Crippen LogP contribution in [0.5, 0.6) is 0 Å². The van der Waals surface area contributed by atoms with Crippen molar-refractivity contribution in [1.82, 2.24) is 14.7 Å². The van der Waals surface area contributed by atoms with Crippen LogP contribution in [0, 0.1) is 11.3 Å². The van der Waals surface area contributed by atoms with Crippen LogP contribution in [0.2, 0.25) is 0 Å². The van der Waals surface area contributed by atoms with E-state index in [2.05, 4.69) is 36.9 Å². The van der Waals surface area contributed by atoms with Crippen LogP contribution in [-0.2, 0) is 4.79 Å². The molecule has 0 fully saturated rings. The lowest BCUT2D eigenvalue weighted by Gasteiger charge is -2.24. The zero-order valence-corrected chi connectivity index (χ0v) is 12.9. The summed E-state index contributed by atoms with van der Waals surface area (Å²) in [5.41, 5.74) is 0. The smallest absolute Gasteiger partial charge is 0.223 e. The second-order valence-corrected chi connectivity index (χ2v) is 5.12. The molecule has 0 aliphatic heterocycles. The fourth-order valence-electron chi connectivity index (χ4n) is 1.78. The number of carbonyl (C=O) groups is 1. The SMILES string of the molecule is CCCN(CCC(=O)N(C)CCC#N)CCN(C)C. The molecule has 0 radical (unpaired) electrons. The van der Waals surface area contributed by atoms with Crippen molar-refractivity contribution in [2.24, 2.45) is 0 Å². The molecule has 0 heterocycles. The number of likely N-dealkylation sites (N-methyl/N-ethyl adjacent to an activating group) is 1. The molecule has 0 bridgehead atoms. The van der Waals surface area contributed by atoms with Gasteiger partial charge in [0.2, 0.25) is 5.91 Å². The van der Waals surface area contributed by atoms with Crippen LogP contribution in [0.1, 0.15) is 26.2 Å². The van der Waals surface area contributed by atoms with Gasteiger partial charge in [-0.05, 0) is 27.1 Å². The average Bonchev–Trinajstić information content (AvgIpc) is 2.38. The van der Waals surface area contributed by atoms with Crippen LogP contribution in [0.25, 0.3) is 0 Å². The highest BCUT2D eigenvalue weighted by Crippen LogP contribution is 1.98. The minimum Gasteiger partial charge on any atom is -0.345 e. The van der Waals surface area contributed by atoms with Gasteiger partial charge in [-0.15, -0.1) is 0 Å². The standard InChI is InChI=1S/C14H28N4O/c1-5-9-18(13-12-16(2)3)11-7-14(19)17(4)10-6-8-15/h5-7,9-13H2,1-4H3. The molecule has 1 amide bonds. The Kier molecular flexibility index (Phi) is 10.1. The second-order valence-electron chi connectivity index (χ2n) is 5.12. The highest BCUT2D eigenvalue weighted by molar-refractivity contribution is 5.76. The summed E-state index contributed by atoms with van der Waals surface area (Å²) in [6.07, 6.45) is 2.04. The molecular weight excluding hydrogens is 240 g/mol. The molecule has 0 aliphatic rings. The number of hydrogen-bond acceptors (Lipinski definition) is 4. The Morgan fingerprint density at radius 2 is 1.74 bits per heavy atom. The summed E-state index contributed by atoms with van der Waals surface area (Å²) >= 11 is 0. The molecule has 0 aromatic heterocycles. The summed E-state index contributed by atoms with van der Waals surface area (Å²) in [4.78, 5) is 18.0. The number of nitriles is 1. The fourth-order valence-corrected chi connectivity index (χ4v) is 1.78. The molecule has 0 unspecified atom stereocenters. The number of carbonyl (C=O) groups excluding carboxylic acids is 1. The Morgan fingerprint density at radius 1 is 1.05 bits per heavy atom. The van der Waals surface area contributed by atoms with Crippen LogP contribution in [0.4, 0.5) is 0 Å². The fraction of sp³-hybridized carbons (Fsp3) is 0.857. The van der Waals surface area contributed by atoms with Gasteiger partial charge in [-0.3, -0.25) is 4.79 Å². The highest BCUT2D eigenvalue weighted by atomic mass is 16.2. The molecule has 0 spiro atoms. The maximum atomic E-state index is 11.9. The van der Waals surface area contributed by atoms with Gasteiger partial charge in [0, 0.05) is 39.6 Å². The van der Waals surface area contributed by atoms with Crippen LogP contribution in [0.3, 0.4) is 0 Å². The van der Waals surface area contributed by atoms with Gasteiger partial charge in [0.15, 0.2) is 0 Å². The molecule has 0 saturated carbocycles. The molecule has 0 aromatic rings. The first kappa shape index (κ1) is 17.9. The number of hydrogen-bond donors (Lipinski definition) is 0. The normalized spacial score (nSPS) is 10.8. The maximum absolute atomic E-state index is 11.9. The number of nitrogens with zero attached hydrogens (tertiary/aromatic N) is 4. The molecule has 0 rings (SSSR count). The van der Waals surface area contributed by atoms with E-state index in [0.29, 0.717) is 19.4 Å². The Labute approximate surface area is 117 Å². The Bertz CT molecular complexity index is 286. The van der Waals surface area contributed by atoms with E-state index in [1.54, 1.807) is 11.9 Å². The quantitative estimate of drug-likeness (QED) is 0.593. The Hall–Kier alpha value is -1.12. The molecule has 5 heteroatoms. The van der Waals surface area contributed by atoms with E-state index in [9.17, 15) is 4.79 Å². The number of amides is 1. The molecule has 0 atom stereocenters. The minimum atomic E-state index is 0.126. The molecule has 0 N–H and O–H groups in total. The van der Waals surface area contributed by atoms with E-state index in [0.717, 1.165) is 32.6 Å². The van der Waals surface area contributed by atoms with Gasteiger partial charge in [0.25, 0.3) is 0 Å². The second kappa shape index (κ2) is 10.8. The largest absolute Gasteiger partial charge is 0.345 e. The lowest BCUT2D eigenvalue weighted by atomic mass is 10.3. The van der Waals surface area contributed by atoms with Gasteiger partial charge in [0.1, 0.15) is 0 Å².